The van der Waals surface area contributed by atoms with Crippen LogP contribution < -0.4 is 0 Å². The van der Waals surface area contributed by atoms with E-state index in [2.05, 4.69) is 32.6 Å². The summed E-state index contributed by atoms with van der Waals surface area (Å²) in [6.07, 6.45) is 1.39. The lowest BCUT2D eigenvalue weighted by atomic mass is 9.94. The van der Waals surface area contributed by atoms with E-state index in [1.807, 2.05) is 0 Å². The molecule has 0 unspecified atom stereocenters. The largest absolute Gasteiger partial charge is 0.295 e. The minimum atomic E-state index is 0.740. The van der Waals surface area contributed by atoms with Crippen molar-refractivity contribution in [1.82, 2.24) is 4.90 Å². The van der Waals surface area contributed by atoms with Crippen LogP contribution in [0.15, 0.2) is 0 Å². The van der Waals surface area contributed by atoms with Crippen molar-refractivity contribution in [2.45, 2.75) is 52.2 Å². The zero-order chi connectivity index (χ0) is 7.02. The Morgan fingerprint density at radius 2 is 1.67 bits per heavy atom. The first-order valence-corrected chi connectivity index (χ1v) is 3.90. The molecule has 1 aliphatic heterocycles. The van der Waals surface area contributed by atoms with Gasteiger partial charge in [-0.2, -0.15) is 0 Å². The van der Waals surface area contributed by atoms with E-state index in [0.29, 0.717) is 0 Å². The highest BCUT2D eigenvalue weighted by molar-refractivity contribution is 4.88. The van der Waals surface area contributed by atoms with E-state index in [0.717, 1.165) is 18.1 Å². The summed E-state index contributed by atoms with van der Waals surface area (Å²) in [5.41, 5.74) is 0. The number of hydrogen-bond acceptors (Lipinski definition) is 1. The van der Waals surface area contributed by atoms with E-state index in [1.54, 1.807) is 0 Å². The van der Waals surface area contributed by atoms with Crippen LogP contribution >= 0.6 is 0 Å². The van der Waals surface area contributed by atoms with Crippen LogP contribution in [0.2, 0.25) is 0 Å². The van der Waals surface area contributed by atoms with Crippen LogP contribution in [-0.2, 0) is 0 Å². The Hall–Kier alpha value is -0.0400. The normalized spacial score (nSPS) is 37.0. The predicted octanol–water partition coefficient (Wildman–Crippen LogP) is 1.88. The van der Waals surface area contributed by atoms with Crippen LogP contribution in [0, 0.1) is 0 Å². The maximum absolute atomic E-state index is 2.56. The highest BCUT2D eigenvalue weighted by atomic mass is 15.3. The average Bonchev–Trinajstić information content (AvgIpc) is 1.62. The lowest BCUT2D eigenvalue weighted by molar-refractivity contribution is 0.00770. The molecule has 1 aliphatic rings. The first-order valence-electron chi connectivity index (χ1n) is 3.90. The van der Waals surface area contributed by atoms with Gasteiger partial charge >= 0.3 is 0 Å². The second kappa shape index (κ2) is 2.30. The van der Waals surface area contributed by atoms with Crippen molar-refractivity contribution in [3.8, 4) is 0 Å². The van der Waals surface area contributed by atoms with Gasteiger partial charge in [0.2, 0.25) is 0 Å². The Morgan fingerprint density at radius 1 is 1.22 bits per heavy atom. The number of likely N-dealkylation sites (tertiary alicyclic amines) is 1. The molecule has 0 radical (unpaired) electrons. The molecule has 0 saturated carbocycles. The summed E-state index contributed by atoms with van der Waals surface area (Å²) in [5.74, 6) is 0. The molecule has 1 saturated heterocycles. The van der Waals surface area contributed by atoms with Gasteiger partial charge in [-0.3, -0.25) is 4.90 Å². The Balaban J connectivity index is 2.39. The van der Waals surface area contributed by atoms with E-state index in [1.165, 1.54) is 6.42 Å². The lowest BCUT2D eigenvalue weighted by Gasteiger charge is -2.48. The second-order valence-electron chi connectivity index (χ2n) is 3.47. The first-order chi connectivity index (χ1) is 4.13. The zero-order valence-electron chi connectivity index (χ0n) is 6.89. The van der Waals surface area contributed by atoms with Gasteiger partial charge in [0, 0.05) is 18.1 Å². The topological polar surface area (TPSA) is 3.24 Å². The fraction of sp³-hybridized carbons (Fsp3) is 1.00. The molecule has 1 nitrogen and oxygen atoms in total. The smallest absolute Gasteiger partial charge is 0.00872 e. The molecule has 54 valence electrons. The SMILES string of the molecule is CC(C)N1[C@@H](C)C[C@@H]1C. The molecule has 2 atom stereocenters. The maximum Gasteiger partial charge on any atom is 0.00872 e. The van der Waals surface area contributed by atoms with Crippen LogP contribution in [0.5, 0.6) is 0 Å². The lowest BCUT2D eigenvalue weighted by Crippen LogP contribution is -2.55. The minimum Gasteiger partial charge on any atom is -0.295 e. The third-order valence-corrected chi connectivity index (χ3v) is 2.30. The highest BCUT2D eigenvalue weighted by Crippen LogP contribution is 2.26. The molecular formula is C8H17N. The van der Waals surface area contributed by atoms with Gasteiger partial charge in [-0.1, -0.05) is 0 Å². The van der Waals surface area contributed by atoms with Crippen LogP contribution in [0.1, 0.15) is 34.1 Å². The van der Waals surface area contributed by atoms with Gasteiger partial charge in [0.15, 0.2) is 0 Å². The Kier molecular flexibility index (Phi) is 1.80. The third kappa shape index (κ3) is 1.11. The summed E-state index contributed by atoms with van der Waals surface area (Å²) in [6.45, 7) is 9.15. The molecular weight excluding hydrogens is 110 g/mol. The van der Waals surface area contributed by atoms with Gasteiger partial charge in [0.1, 0.15) is 0 Å². The van der Waals surface area contributed by atoms with Crippen molar-refractivity contribution in [2.24, 2.45) is 0 Å². The summed E-state index contributed by atoms with van der Waals surface area (Å²) in [4.78, 5) is 2.56. The second-order valence-corrected chi connectivity index (χ2v) is 3.47. The summed E-state index contributed by atoms with van der Waals surface area (Å²) in [6, 6.07) is 2.41. The van der Waals surface area contributed by atoms with Crippen molar-refractivity contribution in [3.05, 3.63) is 0 Å². The van der Waals surface area contributed by atoms with Gasteiger partial charge in [-0.25, -0.2) is 0 Å². The Bertz CT molecular complexity index is 84.0. The summed E-state index contributed by atoms with van der Waals surface area (Å²) >= 11 is 0. The Morgan fingerprint density at radius 3 is 1.78 bits per heavy atom. The van der Waals surface area contributed by atoms with Crippen molar-refractivity contribution in [2.75, 3.05) is 0 Å². The summed E-state index contributed by atoms with van der Waals surface area (Å²) in [7, 11) is 0. The van der Waals surface area contributed by atoms with Crippen molar-refractivity contribution in [1.29, 1.82) is 0 Å². The molecule has 1 fully saturated rings. The van der Waals surface area contributed by atoms with Crippen molar-refractivity contribution in [3.63, 3.8) is 0 Å². The van der Waals surface area contributed by atoms with E-state index < -0.39 is 0 Å². The molecule has 1 rings (SSSR count). The Labute approximate surface area is 58.0 Å². The van der Waals surface area contributed by atoms with Gasteiger partial charge < -0.3 is 0 Å². The third-order valence-electron chi connectivity index (χ3n) is 2.30. The van der Waals surface area contributed by atoms with Crippen molar-refractivity contribution < 1.29 is 0 Å². The quantitative estimate of drug-likeness (QED) is 0.520. The minimum absolute atomic E-state index is 0.740. The van der Waals surface area contributed by atoms with Crippen LogP contribution in [0.3, 0.4) is 0 Å². The van der Waals surface area contributed by atoms with Gasteiger partial charge in [0.25, 0.3) is 0 Å². The number of hydrogen-bond donors (Lipinski definition) is 0. The van der Waals surface area contributed by atoms with Crippen molar-refractivity contribution >= 4 is 0 Å². The monoisotopic (exact) mass is 127 g/mol. The molecule has 0 aromatic rings. The molecule has 1 heterocycles. The van der Waals surface area contributed by atoms with Crippen LogP contribution in [-0.4, -0.2) is 23.0 Å². The molecule has 0 amide bonds. The summed E-state index contributed by atoms with van der Waals surface area (Å²) < 4.78 is 0. The van der Waals surface area contributed by atoms with E-state index in [-0.39, 0.29) is 0 Å². The fourth-order valence-electron chi connectivity index (χ4n) is 2.05. The molecule has 0 aromatic carbocycles. The molecule has 0 spiro atoms. The predicted molar refractivity (Wildman–Crippen MR) is 40.5 cm³/mol. The van der Waals surface area contributed by atoms with E-state index in [4.69, 9.17) is 0 Å². The molecule has 1 heteroatoms. The zero-order valence-corrected chi connectivity index (χ0v) is 6.89. The molecule has 0 aliphatic carbocycles. The maximum atomic E-state index is 2.56. The summed E-state index contributed by atoms with van der Waals surface area (Å²) in [5, 5.41) is 0. The first kappa shape index (κ1) is 7.07. The van der Waals surface area contributed by atoms with Gasteiger partial charge in [-0.15, -0.1) is 0 Å². The fourth-order valence-corrected chi connectivity index (χ4v) is 2.05. The number of rotatable bonds is 1. The van der Waals surface area contributed by atoms with Gasteiger partial charge in [0.05, 0.1) is 0 Å². The highest BCUT2D eigenvalue weighted by Gasteiger charge is 2.32. The van der Waals surface area contributed by atoms with Crippen LogP contribution in [0.25, 0.3) is 0 Å². The van der Waals surface area contributed by atoms with Gasteiger partial charge in [-0.05, 0) is 34.1 Å². The molecule has 0 bridgehead atoms. The molecule has 0 N–H and O–H groups in total. The standard InChI is InChI=1S/C8H17N/c1-6(2)9-7(3)5-8(9)4/h6-8H,5H2,1-4H3/t7-,8-/m0/s1. The number of nitrogens with zero attached hydrogens (tertiary/aromatic N) is 1. The molecule has 9 heavy (non-hydrogen) atoms. The van der Waals surface area contributed by atoms with E-state index in [9.17, 15) is 0 Å². The molecule has 0 aromatic heterocycles. The average molecular weight is 127 g/mol. The van der Waals surface area contributed by atoms with E-state index >= 15 is 0 Å². The van der Waals surface area contributed by atoms with Crippen LogP contribution in [0.4, 0.5) is 0 Å².